The molecule has 1 amide bonds. The number of carbonyl (C=O) groups is 2. The lowest BCUT2D eigenvalue weighted by molar-refractivity contribution is -0.907. The Morgan fingerprint density at radius 1 is 1.22 bits per heavy atom. The van der Waals surface area contributed by atoms with Crippen molar-refractivity contribution in [2.45, 2.75) is 26.1 Å². The zero-order valence-corrected chi connectivity index (χ0v) is 16.6. The second-order valence-corrected chi connectivity index (χ2v) is 7.73. The molecular formula is C20H25N2O4S+. The normalized spacial score (nSPS) is 22.3. The second kappa shape index (κ2) is 8.65. The minimum absolute atomic E-state index is 0.113. The molecule has 1 aliphatic rings. The second-order valence-electron chi connectivity index (χ2n) is 6.85. The summed E-state index contributed by atoms with van der Waals surface area (Å²) in [6.07, 6.45) is 0.266. The lowest BCUT2D eigenvalue weighted by Gasteiger charge is -2.31. The molecule has 3 rings (SSSR count). The number of anilines is 1. The van der Waals surface area contributed by atoms with E-state index in [9.17, 15) is 9.59 Å². The topological polar surface area (TPSA) is 69.1 Å². The Labute approximate surface area is 163 Å². The number of amides is 1. The lowest BCUT2D eigenvalue weighted by atomic mass is 10.0. The Morgan fingerprint density at radius 3 is 2.52 bits per heavy atom. The molecular weight excluding hydrogens is 364 g/mol. The Morgan fingerprint density at radius 2 is 1.89 bits per heavy atom. The van der Waals surface area contributed by atoms with Gasteiger partial charge in [0.05, 0.1) is 7.11 Å². The summed E-state index contributed by atoms with van der Waals surface area (Å²) in [6.45, 7) is 5.97. The van der Waals surface area contributed by atoms with Crippen LogP contribution in [0.4, 0.5) is 5.00 Å². The van der Waals surface area contributed by atoms with Gasteiger partial charge in [0.1, 0.15) is 35.9 Å². The van der Waals surface area contributed by atoms with Gasteiger partial charge in [0, 0.05) is 10.9 Å². The summed E-state index contributed by atoms with van der Waals surface area (Å²) in [7, 11) is 1.35. The number of rotatable bonds is 5. The van der Waals surface area contributed by atoms with Crippen LogP contribution < -0.4 is 10.2 Å². The molecule has 6 nitrogen and oxygen atoms in total. The van der Waals surface area contributed by atoms with Gasteiger partial charge in [-0.05, 0) is 19.4 Å². The van der Waals surface area contributed by atoms with Crippen molar-refractivity contribution in [1.82, 2.24) is 0 Å². The average Bonchev–Trinajstić information content (AvgIpc) is 3.04. The van der Waals surface area contributed by atoms with E-state index in [1.165, 1.54) is 23.3 Å². The molecule has 0 saturated carbocycles. The van der Waals surface area contributed by atoms with Gasteiger partial charge in [-0.3, -0.25) is 4.79 Å². The SMILES string of the molecule is COC(=O)c1c(-c2ccccc2)csc1NC(=O)C[NH+]1C[C@@H](C)O[C@@H](C)C1. The number of ether oxygens (including phenoxy) is 2. The molecule has 1 unspecified atom stereocenters. The van der Waals surface area contributed by atoms with Crippen molar-refractivity contribution in [3.8, 4) is 11.1 Å². The van der Waals surface area contributed by atoms with Crippen LogP contribution in [0.15, 0.2) is 35.7 Å². The molecule has 7 heteroatoms. The highest BCUT2D eigenvalue weighted by molar-refractivity contribution is 7.15. The van der Waals surface area contributed by atoms with Crippen molar-refractivity contribution in [1.29, 1.82) is 0 Å². The zero-order valence-electron chi connectivity index (χ0n) is 15.8. The predicted octanol–water partition coefficient (Wildman–Crippen LogP) is 1.83. The van der Waals surface area contributed by atoms with Gasteiger partial charge in [0.25, 0.3) is 5.91 Å². The molecule has 1 aliphatic heterocycles. The fourth-order valence-electron chi connectivity index (χ4n) is 3.52. The molecule has 0 aliphatic carbocycles. The average molecular weight is 389 g/mol. The number of benzene rings is 1. The van der Waals surface area contributed by atoms with Gasteiger partial charge >= 0.3 is 5.97 Å². The van der Waals surface area contributed by atoms with Crippen LogP contribution in [0.2, 0.25) is 0 Å². The van der Waals surface area contributed by atoms with E-state index in [0.29, 0.717) is 17.1 Å². The quantitative estimate of drug-likeness (QED) is 0.766. The monoisotopic (exact) mass is 389 g/mol. The number of carbonyl (C=O) groups excluding carboxylic acids is 2. The summed E-state index contributed by atoms with van der Waals surface area (Å²) in [6, 6.07) is 9.61. The number of morpholine rings is 1. The van der Waals surface area contributed by atoms with Crippen molar-refractivity contribution in [2.75, 3.05) is 32.1 Å². The molecule has 27 heavy (non-hydrogen) atoms. The minimum Gasteiger partial charge on any atom is -0.465 e. The number of hydrogen-bond acceptors (Lipinski definition) is 5. The molecule has 1 aromatic carbocycles. The van der Waals surface area contributed by atoms with Crippen molar-refractivity contribution >= 4 is 28.2 Å². The third kappa shape index (κ3) is 4.74. The number of quaternary nitrogens is 1. The van der Waals surface area contributed by atoms with Crippen LogP contribution >= 0.6 is 11.3 Å². The first kappa shape index (κ1) is 19.5. The highest BCUT2D eigenvalue weighted by Gasteiger charge is 2.28. The number of thiophene rings is 1. The summed E-state index contributed by atoms with van der Waals surface area (Å²) >= 11 is 1.34. The molecule has 1 fully saturated rings. The van der Waals surface area contributed by atoms with Crippen LogP contribution in [0.25, 0.3) is 11.1 Å². The molecule has 3 atom stereocenters. The van der Waals surface area contributed by atoms with Crippen molar-refractivity contribution in [2.24, 2.45) is 0 Å². The maximum Gasteiger partial charge on any atom is 0.341 e. The molecule has 2 aromatic rings. The molecule has 0 radical (unpaired) electrons. The van der Waals surface area contributed by atoms with Gasteiger partial charge in [-0.25, -0.2) is 4.79 Å². The number of esters is 1. The zero-order chi connectivity index (χ0) is 19.4. The van der Waals surface area contributed by atoms with E-state index in [1.807, 2.05) is 49.6 Å². The third-order valence-corrected chi connectivity index (χ3v) is 5.44. The van der Waals surface area contributed by atoms with E-state index < -0.39 is 5.97 Å². The smallest absolute Gasteiger partial charge is 0.341 e. The number of hydrogen-bond donors (Lipinski definition) is 2. The lowest BCUT2D eigenvalue weighted by Crippen LogP contribution is -3.16. The number of methoxy groups -OCH3 is 1. The highest BCUT2D eigenvalue weighted by atomic mass is 32.1. The Bertz CT molecular complexity index is 796. The van der Waals surface area contributed by atoms with E-state index in [4.69, 9.17) is 9.47 Å². The first-order valence-corrected chi connectivity index (χ1v) is 9.90. The van der Waals surface area contributed by atoms with Crippen LogP contribution in [-0.2, 0) is 14.3 Å². The molecule has 1 saturated heterocycles. The number of nitrogens with one attached hydrogen (secondary N) is 2. The summed E-state index contributed by atoms with van der Waals surface area (Å²) in [4.78, 5) is 26.1. The molecule has 1 aromatic heterocycles. The molecule has 144 valence electrons. The molecule has 2 heterocycles. The molecule has 2 N–H and O–H groups in total. The van der Waals surface area contributed by atoms with Crippen LogP contribution in [0.3, 0.4) is 0 Å². The van der Waals surface area contributed by atoms with Gasteiger partial charge in [-0.1, -0.05) is 30.3 Å². The highest BCUT2D eigenvalue weighted by Crippen LogP contribution is 2.36. The Kier molecular flexibility index (Phi) is 6.26. The maximum absolute atomic E-state index is 12.6. The van der Waals surface area contributed by atoms with Gasteiger partial charge in [-0.15, -0.1) is 11.3 Å². The van der Waals surface area contributed by atoms with Crippen molar-refractivity contribution in [3.63, 3.8) is 0 Å². The van der Waals surface area contributed by atoms with Crippen LogP contribution in [-0.4, -0.2) is 50.8 Å². The van der Waals surface area contributed by atoms with E-state index in [0.717, 1.165) is 24.2 Å². The van der Waals surface area contributed by atoms with Crippen LogP contribution in [0.5, 0.6) is 0 Å². The summed E-state index contributed by atoms with van der Waals surface area (Å²) in [5.41, 5.74) is 2.08. The van der Waals surface area contributed by atoms with E-state index in [2.05, 4.69) is 5.32 Å². The summed E-state index contributed by atoms with van der Waals surface area (Å²) in [5.74, 6) is -0.565. The Hall–Kier alpha value is -2.22. The van der Waals surface area contributed by atoms with Crippen molar-refractivity contribution in [3.05, 3.63) is 41.3 Å². The Balaban J connectivity index is 1.77. The molecule has 0 bridgehead atoms. The fourth-order valence-corrected chi connectivity index (χ4v) is 4.49. The van der Waals surface area contributed by atoms with E-state index >= 15 is 0 Å². The largest absolute Gasteiger partial charge is 0.465 e. The predicted molar refractivity (Wildman–Crippen MR) is 105 cm³/mol. The first-order chi connectivity index (χ1) is 13.0. The van der Waals surface area contributed by atoms with E-state index in [-0.39, 0.29) is 18.1 Å². The van der Waals surface area contributed by atoms with Gasteiger partial charge in [0.15, 0.2) is 6.54 Å². The maximum atomic E-state index is 12.6. The molecule has 0 spiro atoms. The first-order valence-electron chi connectivity index (χ1n) is 9.02. The van der Waals surface area contributed by atoms with Gasteiger partial charge in [0.2, 0.25) is 0 Å². The summed E-state index contributed by atoms with van der Waals surface area (Å²) < 4.78 is 10.7. The van der Waals surface area contributed by atoms with E-state index in [1.54, 1.807) is 0 Å². The van der Waals surface area contributed by atoms with Gasteiger partial charge < -0.3 is 19.7 Å². The minimum atomic E-state index is -0.452. The standard InChI is InChI=1S/C20H24N2O4S/c1-13-9-22(10-14(2)26-13)11-17(23)21-19-18(20(24)25-3)16(12-27-19)15-7-5-4-6-8-15/h4-8,12-14H,9-11H2,1-3H3,(H,21,23)/p+1/t13-,14+. The third-order valence-electron chi connectivity index (χ3n) is 4.55. The fraction of sp³-hybridized carbons (Fsp3) is 0.400. The summed E-state index contributed by atoms with van der Waals surface area (Å²) in [5, 5.41) is 5.32. The van der Waals surface area contributed by atoms with Crippen molar-refractivity contribution < 1.29 is 24.0 Å². The van der Waals surface area contributed by atoms with Crippen LogP contribution in [0.1, 0.15) is 24.2 Å². The van der Waals surface area contributed by atoms with Crippen LogP contribution in [0, 0.1) is 0 Å². The van der Waals surface area contributed by atoms with Gasteiger partial charge in [-0.2, -0.15) is 0 Å².